The molecular formula is C18H17N3O2. The van der Waals surface area contributed by atoms with E-state index in [0.717, 1.165) is 23.6 Å². The Labute approximate surface area is 134 Å². The van der Waals surface area contributed by atoms with E-state index < -0.39 is 5.91 Å². The van der Waals surface area contributed by atoms with Crippen LogP contribution in [0.1, 0.15) is 33.2 Å². The van der Waals surface area contributed by atoms with E-state index in [2.05, 4.69) is 4.99 Å². The van der Waals surface area contributed by atoms with Gasteiger partial charge in [0.25, 0.3) is 5.91 Å². The molecule has 3 rings (SSSR count). The molecule has 0 aliphatic carbocycles. The van der Waals surface area contributed by atoms with Gasteiger partial charge in [0.15, 0.2) is 0 Å². The molecule has 2 aromatic rings. The van der Waals surface area contributed by atoms with Gasteiger partial charge in [-0.3, -0.25) is 9.59 Å². The molecule has 0 radical (unpaired) electrons. The van der Waals surface area contributed by atoms with Gasteiger partial charge in [-0.15, -0.1) is 0 Å². The lowest BCUT2D eigenvalue weighted by Crippen LogP contribution is -2.27. The number of amidine groups is 1. The molecule has 1 aliphatic rings. The van der Waals surface area contributed by atoms with Gasteiger partial charge in [0.05, 0.1) is 0 Å². The van der Waals surface area contributed by atoms with Gasteiger partial charge in [-0.2, -0.15) is 4.99 Å². The van der Waals surface area contributed by atoms with Crippen LogP contribution in [0, 0.1) is 0 Å². The van der Waals surface area contributed by atoms with Crippen LogP contribution >= 0.6 is 0 Å². The van der Waals surface area contributed by atoms with Crippen molar-refractivity contribution >= 4 is 23.3 Å². The number of carbonyl (C=O) groups is 2. The maximum absolute atomic E-state index is 12.4. The summed E-state index contributed by atoms with van der Waals surface area (Å²) in [5, 5.41) is 0. The number of likely N-dealkylation sites (N-methyl/N-ethyl adjacent to an activating group) is 1. The zero-order valence-electron chi connectivity index (χ0n) is 12.8. The first kappa shape index (κ1) is 15.0. The quantitative estimate of drug-likeness (QED) is 0.946. The summed E-state index contributed by atoms with van der Waals surface area (Å²) in [7, 11) is 0. The predicted octanol–water partition coefficient (Wildman–Crippen LogP) is 2.41. The van der Waals surface area contributed by atoms with Crippen molar-refractivity contribution in [1.82, 2.24) is 0 Å². The van der Waals surface area contributed by atoms with Crippen molar-refractivity contribution in [2.45, 2.75) is 13.3 Å². The van der Waals surface area contributed by atoms with Gasteiger partial charge in [-0.25, -0.2) is 0 Å². The number of amides is 2. The Bertz CT molecular complexity index is 811. The van der Waals surface area contributed by atoms with E-state index in [1.165, 1.54) is 6.07 Å². The van der Waals surface area contributed by atoms with E-state index in [1.807, 2.05) is 36.1 Å². The molecule has 0 spiro atoms. The molecule has 5 heteroatoms. The lowest BCUT2D eigenvalue weighted by molar-refractivity contribution is 0.0999. The van der Waals surface area contributed by atoms with Gasteiger partial charge in [0.1, 0.15) is 5.84 Å². The highest BCUT2D eigenvalue weighted by molar-refractivity contribution is 6.12. The number of primary amides is 1. The number of fused-ring (bicyclic) bond motifs is 1. The predicted molar refractivity (Wildman–Crippen MR) is 89.9 cm³/mol. The summed E-state index contributed by atoms with van der Waals surface area (Å²) < 4.78 is 0. The highest BCUT2D eigenvalue weighted by Crippen LogP contribution is 2.29. The van der Waals surface area contributed by atoms with Crippen molar-refractivity contribution in [2.75, 3.05) is 11.4 Å². The van der Waals surface area contributed by atoms with Gasteiger partial charge in [-0.1, -0.05) is 24.3 Å². The van der Waals surface area contributed by atoms with Gasteiger partial charge in [-0.05, 0) is 36.8 Å². The normalized spacial score (nSPS) is 14.8. The standard InChI is InChI=1S/C18H17N3O2/c1-2-21-15-9-4-3-6-12(15)11-16(21)20-18(23)14-8-5-7-13(10-14)17(19)22/h3-10H,2,11H2,1H3,(H2,19,22). The first-order chi connectivity index (χ1) is 11.1. The van der Waals surface area contributed by atoms with Crippen LogP contribution in [0.5, 0.6) is 0 Å². The maximum Gasteiger partial charge on any atom is 0.278 e. The number of anilines is 1. The average molecular weight is 307 g/mol. The molecule has 0 unspecified atom stereocenters. The first-order valence-electron chi connectivity index (χ1n) is 7.47. The third kappa shape index (κ3) is 2.85. The van der Waals surface area contributed by atoms with Gasteiger partial charge >= 0.3 is 0 Å². The fourth-order valence-electron chi connectivity index (χ4n) is 2.77. The smallest absolute Gasteiger partial charge is 0.278 e. The first-order valence-corrected chi connectivity index (χ1v) is 7.47. The molecule has 0 aromatic heterocycles. The van der Waals surface area contributed by atoms with E-state index in [1.54, 1.807) is 18.2 Å². The van der Waals surface area contributed by atoms with Gasteiger partial charge < -0.3 is 10.6 Å². The largest absolute Gasteiger partial charge is 0.366 e. The number of rotatable bonds is 3. The Hall–Kier alpha value is -2.95. The summed E-state index contributed by atoms with van der Waals surface area (Å²) in [4.78, 5) is 30.0. The van der Waals surface area contributed by atoms with Crippen molar-refractivity contribution in [1.29, 1.82) is 0 Å². The van der Waals surface area contributed by atoms with Gasteiger partial charge in [0, 0.05) is 29.8 Å². The average Bonchev–Trinajstić information content (AvgIpc) is 2.91. The Morgan fingerprint density at radius 1 is 1.13 bits per heavy atom. The van der Waals surface area contributed by atoms with E-state index in [0.29, 0.717) is 17.5 Å². The van der Waals surface area contributed by atoms with Crippen molar-refractivity contribution in [3.05, 3.63) is 65.2 Å². The molecule has 116 valence electrons. The van der Waals surface area contributed by atoms with E-state index in [-0.39, 0.29) is 5.91 Å². The molecule has 1 aliphatic heterocycles. The van der Waals surface area contributed by atoms with E-state index >= 15 is 0 Å². The second kappa shape index (κ2) is 6.04. The SMILES string of the molecule is CCN1C(=NC(=O)c2cccc(C(N)=O)c2)Cc2ccccc21. The van der Waals surface area contributed by atoms with Crippen molar-refractivity contribution < 1.29 is 9.59 Å². The molecule has 1 heterocycles. The second-order valence-electron chi connectivity index (χ2n) is 5.33. The summed E-state index contributed by atoms with van der Waals surface area (Å²) >= 11 is 0. The van der Waals surface area contributed by atoms with Crippen LogP contribution in [0.4, 0.5) is 5.69 Å². The van der Waals surface area contributed by atoms with Crippen LogP contribution in [-0.2, 0) is 6.42 Å². The lowest BCUT2D eigenvalue weighted by Gasteiger charge is -2.17. The number of nitrogens with two attached hydrogens (primary N) is 1. The van der Waals surface area contributed by atoms with Gasteiger partial charge in [0.2, 0.25) is 5.91 Å². The summed E-state index contributed by atoms with van der Waals surface area (Å²) in [5.41, 5.74) is 8.17. The molecule has 2 N–H and O–H groups in total. The third-order valence-corrected chi connectivity index (χ3v) is 3.88. The van der Waals surface area contributed by atoms with Crippen LogP contribution in [0.3, 0.4) is 0 Å². The topological polar surface area (TPSA) is 75.8 Å². The van der Waals surface area contributed by atoms with E-state index in [9.17, 15) is 9.59 Å². The van der Waals surface area contributed by atoms with Crippen molar-refractivity contribution in [3.8, 4) is 0 Å². The lowest BCUT2D eigenvalue weighted by atomic mass is 10.1. The second-order valence-corrected chi connectivity index (χ2v) is 5.33. The van der Waals surface area contributed by atoms with Crippen LogP contribution in [0.2, 0.25) is 0 Å². The van der Waals surface area contributed by atoms with Crippen LogP contribution in [0.15, 0.2) is 53.5 Å². The van der Waals surface area contributed by atoms with E-state index in [4.69, 9.17) is 5.73 Å². The minimum Gasteiger partial charge on any atom is -0.366 e. The fourth-order valence-corrected chi connectivity index (χ4v) is 2.77. The third-order valence-electron chi connectivity index (χ3n) is 3.88. The molecule has 0 saturated heterocycles. The zero-order chi connectivity index (χ0) is 16.4. The number of aliphatic imine (C=N–C) groups is 1. The van der Waals surface area contributed by atoms with Crippen molar-refractivity contribution in [3.63, 3.8) is 0 Å². The highest BCUT2D eigenvalue weighted by atomic mass is 16.1. The van der Waals surface area contributed by atoms with Crippen LogP contribution in [-0.4, -0.2) is 24.2 Å². The summed E-state index contributed by atoms with van der Waals surface area (Å²) in [5.74, 6) is -0.201. The Kier molecular flexibility index (Phi) is 3.93. The monoisotopic (exact) mass is 307 g/mol. The highest BCUT2D eigenvalue weighted by Gasteiger charge is 2.24. The Morgan fingerprint density at radius 2 is 1.87 bits per heavy atom. The summed E-state index contributed by atoms with van der Waals surface area (Å²) in [6, 6.07) is 14.4. The molecule has 0 saturated carbocycles. The number of para-hydroxylation sites is 1. The maximum atomic E-state index is 12.4. The molecule has 2 amide bonds. The number of nitrogens with zero attached hydrogens (tertiary/aromatic N) is 2. The minimum absolute atomic E-state index is 0.304. The molecule has 23 heavy (non-hydrogen) atoms. The summed E-state index contributed by atoms with van der Waals surface area (Å²) in [6.45, 7) is 2.76. The molecule has 5 nitrogen and oxygen atoms in total. The molecular weight excluding hydrogens is 290 g/mol. The number of hydrogen-bond acceptors (Lipinski definition) is 2. The molecule has 2 aromatic carbocycles. The Balaban J connectivity index is 1.91. The summed E-state index contributed by atoms with van der Waals surface area (Å²) in [6.07, 6.45) is 0.630. The fraction of sp³-hybridized carbons (Fsp3) is 0.167. The number of carbonyl (C=O) groups excluding carboxylic acids is 2. The number of hydrogen-bond donors (Lipinski definition) is 1. The van der Waals surface area contributed by atoms with Crippen LogP contribution in [0.25, 0.3) is 0 Å². The van der Waals surface area contributed by atoms with Crippen LogP contribution < -0.4 is 10.6 Å². The number of benzene rings is 2. The van der Waals surface area contributed by atoms with Crippen molar-refractivity contribution in [2.24, 2.45) is 10.7 Å². The molecule has 0 fully saturated rings. The molecule has 0 atom stereocenters. The molecule has 0 bridgehead atoms. The Morgan fingerprint density at radius 3 is 2.61 bits per heavy atom. The minimum atomic E-state index is -0.559. The zero-order valence-corrected chi connectivity index (χ0v) is 12.8.